The SMILES string of the molecule is CN(C)C(=O)NCCNC1CCCOC1. The summed E-state index contributed by atoms with van der Waals surface area (Å²) in [6.07, 6.45) is 2.29. The van der Waals surface area contributed by atoms with Gasteiger partial charge in [-0.1, -0.05) is 0 Å². The number of nitrogens with one attached hydrogen (secondary N) is 2. The highest BCUT2D eigenvalue weighted by molar-refractivity contribution is 5.73. The van der Waals surface area contributed by atoms with Crippen molar-refractivity contribution < 1.29 is 9.53 Å². The van der Waals surface area contributed by atoms with Gasteiger partial charge in [0.25, 0.3) is 0 Å². The second-order valence-electron chi connectivity index (χ2n) is 3.99. The van der Waals surface area contributed by atoms with Crippen LogP contribution in [-0.4, -0.2) is 57.4 Å². The molecule has 15 heavy (non-hydrogen) atoms. The Hall–Kier alpha value is -0.810. The van der Waals surface area contributed by atoms with Gasteiger partial charge in [0.2, 0.25) is 0 Å². The van der Waals surface area contributed by atoms with Crippen molar-refractivity contribution in [3.8, 4) is 0 Å². The number of urea groups is 1. The number of hydrogen-bond donors (Lipinski definition) is 2. The second kappa shape index (κ2) is 6.63. The molecule has 1 rings (SSSR count). The van der Waals surface area contributed by atoms with Crippen LogP contribution in [0, 0.1) is 0 Å². The van der Waals surface area contributed by atoms with Gasteiger partial charge in [-0.15, -0.1) is 0 Å². The van der Waals surface area contributed by atoms with Crippen molar-refractivity contribution in [1.82, 2.24) is 15.5 Å². The van der Waals surface area contributed by atoms with Crippen molar-refractivity contribution in [2.75, 3.05) is 40.4 Å². The highest BCUT2D eigenvalue weighted by atomic mass is 16.5. The van der Waals surface area contributed by atoms with E-state index in [1.165, 1.54) is 11.3 Å². The van der Waals surface area contributed by atoms with Gasteiger partial charge in [-0.25, -0.2) is 4.79 Å². The van der Waals surface area contributed by atoms with Gasteiger partial charge in [-0.05, 0) is 12.8 Å². The predicted molar refractivity (Wildman–Crippen MR) is 58.9 cm³/mol. The molecular weight excluding hydrogens is 194 g/mol. The number of amides is 2. The molecule has 5 nitrogen and oxygen atoms in total. The van der Waals surface area contributed by atoms with Gasteiger partial charge >= 0.3 is 6.03 Å². The first-order valence-corrected chi connectivity index (χ1v) is 5.46. The van der Waals surface area contributed by atoms with Crippen LogP contribution in [-0.2, 0) is 4.74 Å². The predicted octanol–water partition coefficient (Wildman–Crippen LogP) is 0.0262. The van der Waals surface area contributed by atoms with Crippen LogP contribution in [0.1, 0.15) is 12.8 Å². The molecule has 2 amide bonds. The molecule has 0 aromatic carbocycles. The van der Waals surface area contributed by atoms with E-state index in [1.807, 2.05) is 0 Å². The third-order valence-electron chi connectivity index (χ3n) is 2.40. The average Bonchev–Trinajstić information content (AvgIpc) is 2.25. The summed E-state index contributed by atoms with van der Waals surface area (Å²) in [4.78, 5) is 12.7. The quantitative estimate of drug-likeness (QED) is 0.650. The molecule has 88 valence electrons. The second-order valence-corrected chi connectivity index (χ2v) is 3.99. The standard InChI is InChI=1S/C10H21N3O2/c1-13(2)10(14)12-6-5-11-9-4-3-7-15-8-9/h9,11H,3-8H2,1-2H3,(H,12,14). The van der Waals surface area contributed by atoms with Crippen LogP contribution in [0.3, 0.4) is 0 Å². The summed E-state index contributed by atoms with van der Waals surface area (Å²) in [5.74, 6) is 0. The first-order chi connectivity index (χ1) is 7.20. The molecule has 0 bridgehead atoms. The largest absolute Gasteiger partial charge is 0.380 e. The molecule has 1 unspecified atom stereocenters. The lowest BCUT2D eigenvalue weighted by molar-refractivity contribution is 0.0707. The van der Waals surface area contributed by atoms with Crippen molar-refractivity contribution in [2.24, 2.45) is 0 Å². The van der Waals surface area contributed by atoms with Gasteiger partial charge in [0.1, 0.15) is 0 Å². The number of rotatable bonds is 4. The summed E-state index contributed by atoms with van der Waals surface area (Å²) in [5.41, 5.74) is 0. The number of ether oxygens (including phenoxy) is 1. The normalized spacial score (nSPS) is 21.1. The van der Waals surface area contributed by atoms with Crippen LogP contribution < -0.4 is 10.6 Å². The van der Waals surface area contributed by atoms with Gasteiger partial charge in [0.05, 0.1) is 6.61 Å². The molecule has 1 aliphatic rings. The molecule has 1 fully saturated rings. The minimum absolute atomic E-state index is 0.0447. The summed E-state index contributed by atoms with van der Waals surface area (Å²) in [7, 11) is 3.47. The summed E-state index contributed by atoms with van der Waals surface area (Å²) in [5, 5.41) is 6.16. The molecule has 0 saturated carbocycles. The number of hydrogen-bond acceptors (Lipinski definition) is 3. The summed E-state index contributed by atoms with van der Waals surface area (Å²) >= 11 is 0. The van der Waals surface area contributed by atoms with E-state index in [0.29, 0.717) is 12.6 Å². The van der Waals surface area contributed by atoms with E-state index in [0.717, 1.165) is 26.2 Å². The fourth-order valence-electron chi connectivity index (χ4n) is 1.51. The molecule has 1 heterocycles. The van der Waals surface area contributed by atoms with Crippen molar-refractivity contribution >= 4 is 6.03 Å². The van der Waals surface area contributed by atoms with Crippen LogP contribution in [0.4, 0.5) is 4.79 Å². The van der Waals surface area contributed by atoms with Crippen molar-refractivity contribution in [2.45, 2.75) is 18.9 Å². The Bertz CT molecular complexity index is 191. The highest BCUT2D eigenvalue weighted by Crippen LogP contribution is 2.04. The van der Waals surface area contributed by atoms with Crippen molar-refractivity contribution in [3.05, 3.63) is 0 Å². The maximum absolute atomic E-state index is 11.2. The molecule has 0 radical (unpaired) electrons. The Morgan fingerprint density at radius 3 is 2.87 bits per heavy atom. The van der Waals surface area contributed by atoms with E-state index in [2.05, 4.69) is 10.6 Å². The summed E-state index contributed by atoms with van der Waals surface area (Å²) in [6, 6.07) is 0.409. The Labute approximate surface area is 91.2 Å². The van der Waals surface area contributed by atoms with Crippen molar-refractivity contribution in [1.29, 1.82) is 0 Å². The average molecular weight is 215 g/mol. The zero-order valence-electron chi connectivity index (χ0n) is 9.58. The Morgan fingerprint density at radius 2 is 2.27 bits per heavy atom. The smallest absolute Gasteiger partial charge is 0.316 e. The van der Waals surface area contributed by atoms with Crippen LogP contribution in [0.5, 0.6) is 0 Å². The molecule has 1 atom stereocenters. The maximum Gasteiger partial charge on any atom is 0.316 e. The van der Waals surface area contributed by atoms with Crippen LogP contribution in [0.25, 0.3) is 0 Å². The van der Waals surface area contributed by atoms with Gasteiger partial charge in [-0.3, -0.25) is 0 Å². The minimum Gasteiger partial charge on any atom is -0.380 e. The summed E-state index contributed by atoms with van der Waals surface area (Å²) in [6.45, 7) is 3.14. The van der Waals surface area contributed by atoms with E-state index in [9.17, 15) is 4.79 Å². The van der Waals surface area contributed by atoms with Crippen LogP contribution >= 0.6 is 0 Å². The van der Waals surface area contributed by atoms with E-state index >= 15 is 0 Å². The molecule has 0 aliphatic carbocycles. The lowest BCUT2D eigenvalue weighted by Crippen LogP contribution is -2.43. The molecule has 1 saturated heterocycles. The van der Waals surface area contributed by atoms with Crippen LogP contribution in [0.15, 0.2) is 0 Å². The van der Waals surface area contributed by atoms with Crippen molar-refractivity contribution in [3.63, 3.8) is 0 Å². The van der Waals surface area contributed by atoms with E-state index in [4.69, 9.17) is 4.74 Å². The first-order valence-electron chi connectivity index (χ1n) is 5.46. The third-order valence-corrected chi connectivity index (χ3v) is 2.40. The highest BCUT2D eigenvalue weighted by Gasteiger charge is 2.12. The van der Waals surface area contributed by atoms with Gasteiger partial charge in [-0.2, -0.15) is 0 Å². The molecular formula is C10H21N3O2. The topological polar surface area (TPSA) is 53.6 Å². The molecule has 1 aliphatic heterocycles. The first kappa shape index (κ1) is 12.3. The Morgan fingerprint density at radius 1 is 1.47 bits per heavy atom. The molecule has 2 N–H and O–H groups in total. The lowest BCUT2D eigenvalue weighted by Gasteiger charge is -2.23. The van der Waals surface area contributed by atoms with Gasteiger partial charge < -0.3 is 20.3 Å². The lowest BCUT2D eigenvalue weighted by atomic mass is 10.1. The van der Waals surface area contributed by atoms with E-state index < -0.39 is 0 Å². The summed E-state index contributed by atoms with van der Waals surface area (Å²) < 4.78 is 5.34. The molecule has 0 aromatic heterocycles. The molecule has 0 aromatic rings. The zero-order valence-corrected chi connectivity index (χ0v) is 9.58. The number of carbonyl (C=O) groups is 1. The molecule has 5 heteroatoms. The zero-order chi connectivity index (χ0) is 11.1. The Kier molecular flexibility index (Phi) is 5.42. The van der Waals surface area contributed by atoms with Gasteiger partial charge in [0, 0.05) is 39.8 Å². The van der Waals surface area contributed by atoms with Gasteiger partial charge in [0.15, 0.2) is 0 Å². The number of nitrogens with zero attached hydrogens (tertiary/aromatic N) is 1. The number of carbonyl (C=O) groups excluding carboxylic acids is 1. The Balaban J connectivity index is 1.98. The van der Waals surface area contributed by atoms with E-state index in [1.54, 1.807) is 14.1 Å². The monoisotopic (exact) mass is 215 g/mol. The fourth-order valence-corrected chi connectivity index (χ4v) is 1.51. The maximum atomic E-state index is 11.2. The minimum atomic E-state index is -0.0447. The fraction of sp³-hybridized carbons (Fsp3) is 0.900. The third kappa shape index (κ3) is 4.99. The van der Waals surface area contributed by atoms with Crippen LogP contribution in [0.2, 0.25) is 0 Å². The molecule has 0 spiro atoms. The van der Waals surface area contributed by atoms with E-state index in [-0.39, 0.29) is 6.03 Å².